The number of amides is 1. The summed E-state index contributed by atoms with van der Waals surface area (Å²) in [4.78, 5) is 11.0. The Morgan fingerprint density at radius 1 is 1.50 bits per heavy atom. The maximum atomic E-state index is 11.0. The van der Waals surface area contributed by atoms with Crippen LogP contribution in [0.2, 0.25) is 0 Å². The van der Waals surface area contributed by atoms with Crippen LogP contribution in [0.3, 0.4) is 0 Å². The van der Waals surface area contributed by atoms with Crippen molar-refractivity contribution in [3.8, 4) is 0 Å². The van der Waals surface area contributed by atoms with Crippen LogP contribution in [0.15, 0.2) is 0 Å². The van der Waals surface area contributed by atoms with Gasteiger partial charge in [-0.15, -0.1) is 0 Å². The number of carbonyl (C=O) groups is 1. The van der Waals surface area contributed by atoms with Crippen molar-refractivity contribution < 1.29 is 4.79 Å². The highest BCUT2D eigenvalue weighted by Gasteiger charge is 2.22. The van der Waals surface area contributed by atoms with E-state index in [9.17, 15) is 4.79 Å². The SMILES string of the molecule is CCC(=O)N(Br)C(C)(C)C. The third-order valence-electron chi connectivity index (χ3n) is 1.11. The highest BCUT2D eigenvalue weighted by molar-refractivity contribution is 9.07. The van der Waals surface area contributed by atoms with Crippen molar-refractivity contribution in [1.29, 1.82) is 0 Å². The summed E-state index contributed by atoms with van der Waals surface area (Å²) >= 11 is 3.21. The fourth-order valence-corrected chi connectivity index (χ4v) is 0.764. The van der Waals surface area contributed by atoms with E-state index in [0.717, 1.165) is 0 Å². The van der Waals surface area contributed by atoms with Crippen molar-refractivity contribution in [2.24, 2.45) is 0 Å². The Bertz CT molecular complexity index is 128. The molecule has 0 aliphatic carbocycles. The van der Waals surface area contributed by atoms with Crippen molar-refractivity contribution in [3.63, 3.8) is 0 Å². The van der Waals surface area contributed by atoms with Crippen LogP contribution >= 0.6 is 16.1 Å². The average Bonchev–Trinajstić information content (AvgIpc) is 1.83. The second kappa shape index (κ2) is 3.37. The van der Waals surface area contributed by atoms with E-state index in [1.807, 2.05) is 27.7 Å². The van der Waals surface area contributed by atoms with Crippen molar-refractivity contribution in [3.05, 3.63) is 0 Å². The van der Waals surface area contributed by atoms with E-state index in [1.165, 1.54) is 0 Å². The highest BCUT2D eigenvalue weighted by Crippen LogP contribution is 2.18. The Balaban J connectivity index is 4.08. The van der Waals surface area contributed by atoms with Gasteiger partial charge in [0.2, 0.25) is 5.91 Å². The molecule has 0 unspecified atom stereocenters. The molecule has 0 heterocycles. The summed E-state index contributed by atoms with van der Waals surface area (Å²) in [6, 6.07) is 0. The van der Waals surface area contributed by atoms with Crippen LogP contribution in [0.1, 0.15) is 34.1 Å². The predicted molar refractivity (Wildman–Crippen MR) is 45.8 cm³/mol. The summed E-state index contributed by atoms with van der Waals surface area (Å²) in [6.45, 7) is 7.79. The van der Waals surface area contributed by atoms with E-state index in [0.29, 0.717) is 6.42 Å². The van der Waals surface area contributed by atoms with Gasteiger partial charge in [0.05, 0.1) is 16.1 Å². The topological polar surface area (TPSA) is 20.3 Å². The molecular weight excluding hydrogens is 194 g/mol. The minimum absolute atomic E-state index is 0.118. The maximum absolute atomic E-state index is 11.0. The third-order valence-corrected chi connectivity index (χ3v) is 2.57. The molecule has 0 spiro atoms. The summed E-state index contributed by atoms with van der Waals surface area (Å²) in [5.41, 5.74) is -0.118. The Morgan fingerprint density at radius 2 is 1.90 bits per heavy atom. The first-order valence-electron chi connectivity index (χ1n) is 3.38. The Morgan fingerprint density at radius 3 is 2.00 bits per heavy atom. The second-order valence-corrected chi connectivity index (χ2v) is 3.91. The lowest BCUT2D eigenvalue weighted by Crippen LogP contribution is -2.37. The molecule has 1 amide bonds. The first kappa shape index (κ1) is 9.95. The van der Waals surface area contributed by atoms with Crippen molar-refractivity contribution in [1.82, 2.24) is 3.93 Å². The first-order chi connectivity index (χ1) is 4.39. The van der Waals surface area contributed by atoms with E-state index >= 15 is 0 Å². The largest absolute Gasteiger partial charge is 0.274 e. The van der Waals surface area contributed by atoms with Gasteiger partial charge in [0.15, 0.2) is 0 Å². The molecule has 0 atom stereocenters. The van der Waals surface area contributed by atoms with Crippen LogP contribution in [0.25, 0.3) is 0 Å². The standard InChI is InChI=1S/C7H14BrNO/c1-5-6(10)9(8)7(2,3)4/h5H2,1-4H3. The van der Waals surface area contributed by atoms with Gasteiger partial charge in [0.25, 0.3) is 0 Å². The fourth-order valence-electron chi connectivity index (χ4n) is 0.513. The zero-order valence-electron chi connectivity index (χ0n) is 6.94. The van der Waals surface area contributed by atoms with Crippen LogP contribution in [-0.2, 0) is 4.79 Å². The van der Waals surface area contributed by atoms with Crippen LogP contribution in [0, 0.1) is 0 Å². The smallest absolute Gasteiger partial charge is 0.232 e. The van der Waals surface area contributed by atoms with Gasteiger partial charge in [-0.3, -0.25) is 8.72 Å². The molecule has 0 rings (SSSR count). The summed E-state index contributed by atoms with van der Waals surface area (Å²) in [5.74, 6) is 0.118. The van der Waals surface area contributed by atoms with Gasteiger partial charge < -0.3 is 0 Å². The lowest BCUT2D eigenvalue weighted by Gasteiger charge is -2.28. The molecule has 0 saturated carbocycles. The lowest BCUT2D eigenvalue weighted by molar-refractivity contribution is -0.128. The quantitative estimate of drug-likeness (QED) is 0.605. The molecule has 0 aromatic carbocycles. The lowest BCUT2D eigenvalue weighted by atomic mass is 10.1. The monoisotopic (exact) mass is 207 g/mol. The van der Waals surface area contributed by atoms with E-state index in [4.69, 9.17) is 0 Å². The number of hydrogen-bond donors (Lipinski definition) is 0. The van der Waals surface area contributed by atoms with Crippen LogP contribution in [0.5, 0.6) is 0 Å². The van der Waals surface area contributed by atoms with Crippen LogP contribution < -0.4 is 0 Å². The Labute approximate surface area is 70.9 Å². The van der Waals surface area contributed by atoms with Crippen LogP contribution in [0.4, 0.5) is 0 Å². The molecule has 2 nitrogen and oxygen atoms in total. The first-order valence-corrected chi connectivity index (χ1v) is 4.09. The molecule has 10 heavy (non-hydrogen) atoms. The fraction of sp³-hybridized carbons (Fsp3) is 0.857. The number of halogens is 1. The van der Waals surface area contributed by atoms with Gasteiger partial charge in [-0.1, -0.05) is 6.92 Å². The molecule has 0 saturated heterocycles. The molecule has 0 N–H and O–H groups in total. The molecule has 0 aliphatic heterocycles. The zero-order chi connectivity index (χ0) is 8.36. The van der Waals surface area contributed by atoms with Gasteiger partial charge in [0, 0.05) is 12.0 Å². The average molecular weight is 208 g/mol. The van der Waals surface area contributed by atoms with E-state index in [1.54, 1.807) is 3.93 Å². The Hall–Kier alpha value is -0.0500. The highest BCUT2D eigenvalue weighted by atomic mass is 79.9. The van der Waals surface area contributed by atoms with Crippen molar-refractivity contribution in [2.75, 3.05) is 0 Å². The number of hydrogen-bond acceptors (Lipinski definition) is 1. The molecular formula is C7H14BrNO. The molecule has 0 fully saturated rings. The van der Waals surface area contributed by atoms with Crippen LogP contribution in [-0.4, -0.2) is 15.4 Å². The zero-order valence-corrected chi connectivity index (χ0v) is 8.53. The number of carbonyl (C=O) groups excluding carboxylic acids is 1. The number of rotatable bonds is 1. The molecule has 0 aromatic heterocycles. The van der Waals surface area contributed by atoms with E-state index < -0.39 is 0 Å². The molecule has 0 bridgehead atoms. The Kier molecular flexibility index (Phi) is 3.36. The van der Waals surface area contributed by atoms with Gasteiger partial charge in [-0.05, 0) is 20.8 Å². The molecule has 60 valence electrons. The van der Waals surface area contributed by atoms with Gasteiger partial charge in [-0.2, -0.15) is 0 Å². The van der Waals surface area contributed by atoms with E-state index in [2.05, 4.69) is 16.1 Å². The summed E-state index contributed by atoms with van der Waals surface area (Å²) in [7, 11) is 0. The summed E-state index contributed by atoms with van der Waals surface area (Å²) in [5, 5.41) is 0. The summed E-state index contributed by atoms with van der Waals surface area (Å²) in [6.07, 6.45) is 0.544. The third kappa shape index (κ3) is 2.69. The summed E-state index contributed by atoms with van der Waals surface area (Å²) < 4.78 is 1.58. The molecule has 3 heteroatoms. The molecule has 0 aromatic rings. The van der Waals surface area contributed by atoms with Gasteiger partial charge >= 0.3 is 0 Å². The van der Waals surface area contributed by atoms with Crippen molar-refractivity contribution >= 4 is 22.1 Å². The number of nitrogens with zero attached hydrogens (tertiary/aromatic N) is 1. The normalized spacial score (nSPS) is 11.3. The predicted octanol–water partition coefficient (Wildman–Crippen LogP) is 2.33. The van der Waals surface area contributed by atoms with Gasteiger partial charge in [-0.25, -0.2) is 0 Å². The maximum Gasteiger partial charge on any atom is 0.232 e. The second-order valence-electron chi connectivity index (χ2n) is 3.20. The minimum atomic E-state index is -0.118. The van der Waals surface area contributed by atoms with Gasteiger partial charge in [0.1, 0.15) is 0 Å². The van der Waals surface area contributed by atoms with Crippen molar-refractivity contribution in [2.45, 2.75) is 39.7 Å². The van der Waals surface area contributed by atoms with E-state index in [-0.39, 0.29) is 11.4 Å². The minimum Gasteiger partial charge on any atom is -0.274 e. The molecule has 0 aliphatic rings. The molecule has 0 radical (unpaired) electrons.